The number of para-hydroxylation sites is 1. The summed E-state index contributed by atoms with van der Waals surface area (Å²) in [5.41, 5.74) is 1.79. The molecule has 14 heteroatoms. The first-order chi connectivity index (χ1) is 31.3. The van der Waals surface area contributed by atoms with Gasteiger partial charge in [-0.15, -0.1) is 6.58 Å². The van der Waals surface area contributed by atoms with E-state index < -0.39 is 12.1 Å². The van der Waals surface area contributed by atoms with Gasteiger partial charge < -0.3 is 39.9 Å². The van der Waals surface area contributed by atoms with Crippen molar-refractivity contribution in [3.8, 4) is 5.75 Å². The molecule has 4 heterocycles. The number of aldehydes is 2. The summed E-state index contributed by atoms with van der Waals surface area (Å²) in [6, 6.07) is 8.92. The van der Waals surface area contributed by atoms with Gasteiger partial charge in [-0.2, -0.15) is 0 Å². The molecule has 2 aromatic rings. The van der Waals surface area contributed by atoms with Crippen molar-refractivity contribution in [2.45, 2.75) is 183 Å². The number of benzene rings is 1. The smallest absolute Gasteiger partial charge is 0.405 e. The molecule has 0 spiro atoms. The normalized spacial score (nSPS) is 24.9. The summed E-state index contributed by atoms with van der Waals surface area (Å²) in [6.07, 6.45) is 26.0. The Labute approximate surface area is 392 Å². The number of carbonyl (C=O) groups is 4. The topological polar surface area (TPSA) is 173 Å². The molecule has 2 amide bonds. The number of amides is 2. The number of H-pyrrole nitrogens is 1. The Morgan fingerprint density at radius 3 is 2.23 bits per heavy atom. The van der Waals surface area contributed by atoms with E-state index in [1.54, 1.807) is 25.1 Å². The van der Waals surface area contributed by atoms with E-state index >= 15 is 0 Å². The summed E-state index contributed by atoms with van der Waals surface area (Å²) in [5, 5.41) is 14.8. The maximum absolute atomic E-state index is 12.9. The molecule has 6 aliphatic rings. The number of ether oxygens (including phenoxy) is 1. The Hall–Kier alpha value is -3.72. The first-order valence-electron chi connectivity index (χ1n) is 24.7. The van der Waals surface area contributed by atoms with Crippen molar-refractivity contribution in [1.82, 2.24) is 30.1 Å². The van der Waals surface area contributed by atoms with Crippen LogP contribution in [0, 0.1) is 17.8 Å². The fraction of sp³-hybridized carbons (Fsp3) is 0.706. The number of piperidine rings is 1. The Balaban J connectivity index is 0.000000185. The van der Waals surface area contributed by atoms with Crippen LogP contribution in [0.2, 0.25) is 0 Å². The Kier molecular flexibility index (Phi) is 20.9. The molecule has 13 nitrogen and oxygen atoms in total. The van der Waals surface area contributed by atoms with Gasteiger partial charge in [0.1, 0.15) is 24.4 Å². The molecule has 1 aromatic heterocycles. The molecule has 6 atom stereocenters. The summed E-state index contributed by atoms with van der Waals surface area (Å²) in [6.45, 7) is 8.95. The van der Waals surface area contributed by atoms with Crippen molar-refractivity contribution in [2.75, 3.05) is 27.7 Å². The maximum atomic E-state index is 12.9. The SMILES string of the molecule is C=C[C@H](C)C(NC)C(=O)NSC1(C)CC1.CN1C2CCC1CC(Oc1c(CCCCCC3CC3)c(=O)[nH]c3ccccc13)C2.CN1CCCC1C=O.O=C[C@@H](NC(=O)O)C1CCCCC1. The minimum Gasteiger partial charge on any atom is -0.489 e. The lowest BCUT2D eigenvalue weighted by molar-refractivity contribution is -0.121. The molecule has 3 aliphatic carbocycles. The van der Waals surface area contributed by atoms with Crippen molar-refractivity contribution in [1.29, 1.82) is 0 Å². The van der Waals surface area contributed by atoms with Crippen LogP contribution in [0.1, 0.15) is 141 Å². The molecule has 5 N–H and O–H groups in total. The van der Waals surface area contributed by atoms with Crippen LogP contribution in [-0.2, 0) is 20.8 Å². The molecule has 4 unspecified atom stereocenters. The van der Waals surface area contributed by atoms with Crippen LogP contribution >= 0.6 is 11.9 Å². The van der Waals surface area contributed by atoms with E-state index in [0.717, 1.165) is 98.8 Å². The average Bonchev–Trinajstić information content (AvgIpc) is 4.23. The third-order valence-electron chi connectivity index (χ3n) is 14.7. The highest BCUT2D eigenvalue weighted by Gasteiger charge is 2.41. The zero-order valence-electron chi connectivity index (χ0n) is 40.0. The van der Waals surface area contributed by atoms with Gasteiger partial charge in [-0.25, -0.2) is 4.79 Å². The Morgan fingerprint density at radius 2 is 1.68 bits per heavy atom. The van der Waals surface area contributed by atoms with Gasteiger partial charge in [0.25, 0.3) is 5.56 Å². The molecule has 2 bridgehead atoms. The van der Waals surface area contributed by atoms with Gasteiger partial charge >= 0.3 is 6.09 Å². The molecular weight excluding hydrogens is 841 g/mol. The van der Waals surface area contributed by atoms with Gasteiger partial charge in [-0.1, -0.05) is 76.5 Å². The number of carbonyl (C=O) groups excluding carboxylic acids is 3. The van der Waals surface area contributed by atoms with E-state index in [1.807, 2.05) is 32.2 Å². The molecule has 1 aromatic carbocycles. The number of likely N-dealkylation sites (tertiary alicyclic amines) is 1. The van der Waals surface area contributed by atoms with Crippen LogP contribution in [0.25, 0.3) is 10.9 Å². The van der Waals surface area contributed by atoms with Crippen LogP contribution in [0.3, 0.4) is 0 Å². The van der Waals surface area contributed by atoms with Gasteiger partial charge in [0.05, 0.1) is 29.2 Å². The maximum Gasteiger partial charge on any atom is 0.405 e. The lowest BCUT2D eigenvalue weighted by Crippen LogP contribution is -2.44. The highest BCUT2D eigenvalue weighted by molar-refractivity contribution is 7.99. The number of unbranched alkanes of at least 4 members (excludes halogenated alkanes) is 2. The lowest BCUT2D eigenvalue weighted by atomic mass is 9.84. The first-order valence-corrected chi connectivity index (χ1v) is 25.5. The third kappa shape index (κ3) is 16.2. The van der Waals surface area contributed by atoms with Gasteiger partial charge in [0, 0.05) is 22.2 Å². The molecule has 6 fully saturated rings. The molecule has 3 saturated heterocycles. The molecule has 8 rings (SSSR count). The summed E-state index contributed by atoms with van der Waals surface area (Å²) in [5.74, 6) is 2.26. The Morgan fingerprint density at radius 1 is 0.985 bits per heavy atom. The zero-order chi connectivity index (χ0) is 46.9. The number of hydrogen-bond donors (Lipinski definition) is 5. The average molecular weight is 921 g/mol. The van der Waals surface area contributed by atoms with Gasteiger partial charge in [0.2, 0.25) is 5.91 Å². The number of rotatable bonds is 18. The number of nitrogens with zero attached hydrogens (tertiary/aromatic N) is 2. The predicted octanol–water partition coefficient (Wildman–Crippen LogP) is 8.44. The molecule has 3 saturated carbocycles. The standard InChI is InChI=1S/C25H34N2O2.C11H20N2OS.C9H15NO3.C6H11NO/c1-27-18-13-14-19(27)16-20(15-18)29-24-21-8-5-6-10-23(21)26-25(28)22(24)9-4-2-3-7-17-11-12-17;1-5-8(2)9(12-4)10(14)13-15-11(3)6-7-11;11-6-8(10-9(12)13)7-4-2-1-3-5-7;1-7-4-2-3-6(7)5-8/h5-6,8,10,17-20H,2-4,7,9,11-16H2,1H3,(H,26,28);5,8-9,12H,1,6-7H2,2-4H3,(H,13,14);6-8,10H,1-5H2,(H,12,13);5-6H,2-4H2,1H3/t;8-,9?;8-;/m.01./s1. The quantitative estimate of drug-likeness (QED) is 0.0421. The van der Waals surface area contributed by atoms with E-state index in [1.165, 1.54) is 70.6 Å². The van der Waals surface area contributed by atoms with Crippen LogP contribution in [0.4, 0.5) is 4.79 Å². The molecule has 3 aliphatic heterocycles. The highest BCUT2D eigenvalue weighted by atomic mass is 32.2. The minimum atomic E-state index is -1.11. The van der Waals surface area contributed by atoms with Crippen molar-refractivity contribution < 1.29 is 29.0 Å². The van der Waals surface area contributed by atoms with Gasteiger partial charge in [-0.3, -0.25) is 19.2 Å². The van der Waals surface area contributed by atoms with Crippen molar-refractivity contribution in [3.63, 3.8) is 0 Å². The lowest BCUT2D eigenvalue weighted by Gasteiger charge is -2.36. The molecule has 65 heavy (non-hydrogen) atoms. The van der Waals surface area contributed by atoms with Crippen molar-refractivity contribution in [3.05, 3.63) is 52.8 Å². The monoisotopic (exact) mass is 921 g/mol. The second-order valence-corrected chi connectivity index (χ2v) is 21.2. The van der Waals surface area contributed by atoms with Crippen LogP contribution in [0.15, 0.2) is 41.7 Å². The van der Waals surface area contributed by atoms with Gasteiger partial charge in [-0.05, 0) is 153 Å². The van der Waals surface area contributed by atoms with E-state index in [0.29, 0.717) is 18.4 Å². The van der Waals surface area contributed by atoms with Crippen LogP contribution < -0.4 is 25.7 Å². The second kappa shape index (κ2) is 26.0. The number of likely N-dealkylation sites (N-methyl/N-ethyl adjacent to an activating group) is 2. The van der Waals surface area contributed by atoms with E-state index in [4.69, 9.17) is 9.84 Å². The van der Waals surface area contributed by atoms with Crippen molar-refractivity contribution in [2.24, 2.45) is 17.8 Å². The second-order valence-electron chi connectivity index (χ2n) is 19.8. The zero-order valence-corrected chi connectivity index (χ0v) is 40.8. The summed E-state index contributed by atoms with van der Waals surface area (Å²) in [4.78, 5) is 63.6. The van der Waals surface area contributed by atoms with Crippen LogP contribution in [-0.4, -0.2) is 113 Å². The number of aromatic nitrogens is 1. The largest absolute Gasteiger partial charge is 0.489 e. The highest BCUT2D eigenvalue weighted by Crippen LogP contribution is 2.46. The van der Waals surface area contributed by atoms with E-state index in [-0.39, 0.29) is 46.2 Å². The summed E-state index contributed by atoms with van der Waals surface area (Å²) in [7, 11) is 6.05. The van der Waals surface area contributed by atoms with E-state index in [9.17, 15) is 24.0 Å². The van der Waals surface area contributed by atoms with Crippen LogP contribution in [0.5, 0.6) is 5.75 Å². The minimum absolute atomic E-state index is 0.0387. The summed E-state index contributed by atoms with van der Waals surface area (Å²) < 4.78 is 9.87. The number of pyridine rings is 1. The molecular formula is C51H80N6O7S. The number of carboxylic acid groups (broad SMARTS) is 1. The third-order valence-corrected chi connectivity index (χ3v) is 15.9. The summed E-state index contributed by atoms with van der Waals surface area (Å²) >= 11 is 1.55. The fourth-order valence-electron chi connectivity index (χ4n) is 9.85. The Bertz CT molecular complexity index is 1880. The number of nitrogens with one attached hydrogen (secondary N) is 4. The predicted molar refractivity (Wildman–Crippen MR) is 263 cm³/mol. The van der Waals surface area contributed by atoms with E-state index in [2.05, 4.69) is 56.8 Å². The number of fused-ring (bicyclic) bond motifs is 3. The number of hydrogen-bond acceptors (Lipinski definition) is 10. The first kappa shape index (κ1) is 52.3. The van der Waals surface area contributed by atoms with Crippen molar-refractivity contribution >= 4 is 47.4 Å². The number of aromatic amines is 1. The molecule has 0 radical (unpaired) electrons. The molecule has 362 valence electrons. The van der Waals surface area contributed by atoms with Gasteiger partial charge in [0.15, 0.2) is 0 Å². The fourth-order valence-corrected chi connectivity index (χ4v) is 10.6.